The molecule has 2 aromatic heterocycles. The highest BCUT2D eigenvalue weighted by molar-refractivity contribution is 7.48. The van der Waals surface area contributed by atoms with E-state index in [-0.39, 0.29) is 47.8 Å². The number of phosphoric acid groups is 1. The van der Waals surface area contributed by atoms with Crippen molar-refractivity contribution >= 4 is 57.6 Å². The number of hydrogen-bond donors (Lipinski definition) is 5. The molecule has 3 amide bonds. The van der Waals surface area contributed by atoms with E-state index >= 15 is 4.57 Å². The lowest BCUT2D eigenvalue weighted by Crippen LogP contribution is -2.46. The molecule has 0 radical (unpaired) electrons. The Balaban J connectivity index is 1.07. The average molecular weight is 1220 g/mol. The summed E-state index contributed by atoms with van der Waals surface area (Å²) >= 11 is 0. The number of carbonyl (C=O) groups excluding carboxylic acids is 3. The van der Waals surface area contributed by atoms with Crippen LogP contribution in [0.2, 0.25) is 18.1 Å². The molecule has 2 aliphatic rings. The third kappa shape index (κ3) is 15.5. The lowest BCUT2D eigenvalue weighted by Gasteiger charge is -2.39. The van der Waals surface area contributed by atoms with E-state index in [1.165, 1.54) is 30.9 Å². The van der Waals surface area contributed by atoms with Gasteiger partial charge in [-0.15, -0.1) is 0 Å². The van der Waals surface area contributed by atoms with Crippen molar-refractivity contribution in [3.8, 4) is 17.2 Å². The molecule has 24 nitrogen and oxygen atoms in total. The van der Waals surface area contributed by atoms with Crippen molar-refractivity contribution in [3.63, 3.8) is 0 Å². The number of H-pyrrole nitrogens is 1. The third-order valence-electron chi connectivity index (χ3n) is 15.2. The highest BCUT2D eigenvalue weighted by Crippen LogP contribution is 2.54. The number of nitrogens with one attached hydrogen (secondary N) is 5. The van der Waals surface area contributed by atoms with E-state index in [4.69, 9.17) is 46.4 Å². The van der Waals surface area contributed by atoms with Gasteiger partial charge in [0.15, 0.2) is 20.7 Å². The number of nitrogens with zero attached hydrogens (tertiary/aromatic N) is 3. The first-order chi connectivity index (χ1) is 41.0. The Morgan fingerprint density at radius 1 is 0.802 bits per heavy atom. The number of hydrogen-bond acceptors (Lipinski definition) is 19. The highest BCUT2D eigenvalue weighted by Gasteiger charge is 2.49. The van der Waals surface area contributed by atoms with Gasteiger partial charge in [0, 0.05) is 33.1 Å². The van der Waals surface area contributed by atoms with Crippen LogP contribution in [0, 0.1) is 0 Å². The number of benzene rings is 4. The van der Waals surface area contributed by atoms with Gasteiger partial charge in [0.25, 0.3) is 11.5 Å². The molecule has 7 atom stereocenters. The Labute approximate surface area is 499 Å². The Hall–Kier alpha value is -7.58. The quantitative estimate of drug-likeness (QED) is 0.0139. The molecule has 2 fully saturated rings. The highest BCUT2D eigenvalue weighted by atomic mass is 31.2. The summed E-state index contributed by atoms with van der Waals surface area (Å²) in [5.74, 6) is 0.565. The second kappa shape index (κ2) is 27.8. The lowest BCUT2D eigenvalue weighted by atomic mass is 9.80. The molecule has 26 heteroatoms. The fourth-order valence-corrected chi connectivity index (χ4v) is 12.1. The van der Waals surface area contributed by atoms with Crippen molar-refractivity contribution in [2.24, 2.45) is 0 Å². The number of ether oxygens (including phenoxy) is 6. The second-order valence-corrected chi connectivity index (χ2v) is 28.8. The number of aromatic amines is 1. The molecule has 8 rings (SSSR count). The van der Waals surface area contributed by atoms with Crippen molar-refractivity contribution in [2.75, 3.05) is 62.4 Å². The number of phosphoric ester groups is 1. The second-order valence-electron chi connectivity index (χ2n) is 22.4. The Morgan fingerprint density at radius 2 is 1.42 bits per heavy atom. The summed E-state index contributed by atoms with van der Waals surface area (Å²) in [5.41, 5.74) is 0.106. The van der Waals surface area contributed by atoms with Gasteiger partial charge in [-0.2, -0.15) is 9.97 Å². The van der Waals surface area contributed by atoms with Crippen LogP contribution in [-0.2, 0) is 56.8 Å². The van der Waals surface area contributed by atoms with E-state index in [1.807, 2.05) is 91.0 Å². The largest absolute Gasteiger partial charge is 0.497 e. The van der Waals surface area contributed by atoms with Crippen LogP contribution in [0.1, 0.15) is 88.8 Å². The fourth-order valence-electron chi connectivity index (χ4n) is 9.64. The Bertz CT molecular complexity index is 3410. The SMILES string of the molecule is COc1ccc(C(OC[C@H]2O[C@@H](n3ccc(NC(C)=O)nc3=O)C[C@@H]2OP(=O)(OC)OC[C@H]2O[C@H](Nc3nc(NC(=O)COc4ccc(C(C)C)cc4)[nH]c(=O)c3NC=O)C[C@@H]2O[Si](C)(C)C(C)(C)C)(c2ccccc2)c2ccc(OC)cc2)cc1. The topological polar surface area (TPSA) is 289 Å². The molecule has 4 heterocycles. The van der Waals surface area contributed by atoms with Crippen LogP contribution in [0.5, 0.6) is 17.2 Å². The molecule has 6 aromatic rings. The average Bonchev–Trinajstić information content (AvgIpc) is 0.965. The van der Waals surface area contributed by atoms with Crippen LogP contribution in [0.4, 0.5) is 23.3 Å². The molecule has 2 aliphatic heterocycles. The van der Waals surface area contributed by atoms with E-state index in [9.17, 15) is 24.0 Å². The minimum atomic E-state index is -4.64. The molecular weight excluding hydrogens is 1150 g/mol. The normalized spacial score (nSPS) is 19.5. The number of anilines is 4. The molecular formula is C60H75N8O16PSi. The number of methoxy groups -OCH3 is 2. The van der Waals surface area contributed by atoms with Crippen LogP contribution in [0.15, 0.2) is 125 Å². The molecule has 0 saturated carbocycles. The zero-order chi connectivity index (χ0) is 62.0. The minimum Gasteiger partial charge on any atom is -0.497 e. The molecule has 1 unspecified atom stereocenters. The summed E-state index contributed by atoms with van der Waals surface area (Å²) in [7, 11) is -2.92. The van der Waals surface area contributed by atoms with Gasteiger partial charge in [-0.1, -0.05) is 101 Å². The van der Waals surface area contributed by atoms with Crippen LogP contribution in [-0.4, -0.2) is 118 Å². The first kappa shape index (κ1) is 64.4. The minimum absolute atomic E-state index is 0.0292. The molecule has 0 bridgehead atoms. The summed E-state index contributed by atoms with van der Waals surface area (Å²) in [6, 6.07) is 33.2. The summed E-state index contributed by atoms with van der Waals surface area (Å²) in [6.07, 6.45) is -4.22. The maximum atomic E-state index is 15.1. The fraction of sp³-hybridized carbons (Fsp3) is 0.417. The van der Waals surface area contributed by atoms with Crippen molar-refractivity contribution in [1.29, 1.82) is 0 Å². The molecule has 86 heavy (non-hydrogen) atoms. The van der Waals surface area contributed by atoms with Gasteiger partial charge in [0.2, 0.25) is 18.3 Å². The van der Waals surface area contributed by atoms with Crippen LogP contribution < -0.4 is 46.7 Å². The molecule has 0 aliphatic carbocycles. The van der Waals surface area contributed by atoms with Gasteiger partial charge in [-0.25, -0.2) is 9.36 Å². The standard InChI is InChI=1S/C60H75N8O16PSi/c1-37(2)39-17-23-45(24-18-39)78-35-51(71)64-57-66-55(54(61-36-69)56(72)67-57)65-52-31-47(84-86(10,11)59(4,5)6)49(81-52)34-80-85(74,77-9)83-46-32-53(68-30-29-50(62-38(3)70)63-58(68)73)82-48(46)33-79-60(40-15-13-12-14-16-40,41-19-25-43(75-7)26-20-41)42-21-27-44(76-8)28-22-42/h12-30,36-37,46-49,52-53H,31-35H2,1-11H3,(H,61,69)(H,62,63,70,73)(H3,64,65,66,67,71,72)/t46-,47-,48+,49+,52-,53+,85?/m0/s1. The molecule has 0 spiro atoms. The summed E-state index contributed by atoms with van der Waals surface area (Å²) < 4.78 is 78.8. The van der Waals surface area contributed by atoms with E-state index in [0.29, 0.717) is 40.7 Å². The van der Waals surface area contributed by atoms with Crippen LogP contribution in [0.25, 0.3) is 0 Å². The Kier molecular flexibility index (Phi) is 20.9. The van der Waals surface area contributed by atoms with E-state index < -0.39 is 94.9 Å². The van der Waals surface area contributed by atoms with Gasteiger partial charge in [0.1, 0.15) is 65.1 Å². The monoisotopic (exact) mass is 1220 g/mol. The van der Waals surface area contributed by atoms with Crippen molar-refractivity contribution in [1.82, 2.24) is 19.5 Å². The summed E-state index contributed by atoms with van der Waals surface area (Å²) in [6.45, 7) is 14.7. The maximum absolute atomic E-state index is 15.1. The molecule has 5 N–H and O–H groups in total. The van der Waals surface area contributed by atoms with Crippen molar-refractivity contribution < 1.29 is 65.4 Å². The predicted octanol–water partition coefficient (Wildman–Crippen LogP) is 9.08. The maximum Gasteiger partial charge on any atom is 0.474 e. The smallest absolute Gasteiger partial charge is 0.474 e. The van der Waals surface area contributed by atoms with Crippen molar-refractivity contribution in [3.05, 3.63) is 158 Å². The van der Waals surface area contributed by atoms with Crippen LogP contribution >= 0.6 is 7.82 Å². The molecule has 460 valence electrons. The van der Waals surface area contributed by atoms with Gasteiger partial charge < -0.3 is 48.8 Å². The lowest BCUT2D eigenvalue weighted by molar-refractivity contribution is -0.118. The van der Waals surface area contributed by atoms with E-state index in [1.54, 1.807) is 26.4 Å². The van der Waals surface area contributed by atoms with E-state index in [0.717, 1.165) is 11.1 Å². The first-order valence-corrected chi connectivity index (χ1v) is 32.3. The number of aromatic nitrogens is 4. The summed E-state index contributed by atoms with van der Waals surface area (Å²) in [4.78, 5) is 75.0. The molecule has 4 aromatic carbocycles. The van der Waals surface area contributed by atoms with Gasteiger partial charge >= 0.3 is 13.5 Å². The summed E-state index contributed by atoms with van der Waals surface area (Å²) in [5, 5.41) is 10.2. The number of amides is 3. The zero-order valence-electron chi connectivity index (χ0n) is 49.9. The molecule has 2 saturated heterocycles. The van der Waals surface area contributed by atoms with Gasteiger partial charge in [-0.05, 0) is 88.8 Å². The zero-order valence-corrected chi connectivity index (χ0v) is 51.8. The van der Waals surface area contributed by atoms with Gasteiger partial charge in [-0.3, -0.25) is 47.6 Å². The first-order valence-electron chi connectivity index (χ1n) is 27.9. The van der Waals surface area contributed by atoms with Crippen LogP contribution in [0.3, 0.4) is 0 Å². The van der Waals surface area contributed by atoms with Crippen molar-refractivity contribution in [2.45, 2.75) is 121 Å². The van der Waals surface area contributed by atoms with Gasteiger partial charge in [0.05, 0.1) is 33.5 Å². The predicted molar refractivity (Wildman–Crippen MR) is 323 cm³/mol. The van der Waals surface area contributed by atoms with E-state index in [2.05, 4.69) is 83.9 Å². The number of carbonyl (C=O) groups is 3. The Morgan fingerprint density at radius 3 is 1.99 bits per heavy atom. The number of rotatable bonds is 27. The third-order valence-corrected chi connectivity index (χ3v) is 21.1.